The van der Waals surface area contributed by atoms with E-state index in [1.807, 2.05) is 30.3 Å². The van der Waals surface area contributed by atoms with E-state index in [0.29, 0.717) is 17.5 Å². The predicted octanol–water partition coefficient (Wildman–Crippen LogP) is 3.39. The Kier molecular flexibility index (Phi) is 7.01. The number of aliphatic hydroxyl groups is 1. The Balaban J connectivity index is 1.49. The molecule has 0 radical (unpaired) electrons. The molecule has 0 spiro atoms. The van der Waals surface area contributed by atoms with Crippen molar-refractivity contribution in [3.8, 4) is 0 Å². The molecular weight excluding hydrogens is 364 g/mol. The van der Waals surface area contributed by atoms with Crippen LogP contribution in [-0.4, -0.2) is 46.3 Å². The molecule has 3 aromatic rings. The van der Waals surface area contributed by atoms with E-state index in [4.69, 9.17) is 16.7 Å². The summed E-state index contributed by atoms with van der Waals surface area (Å²) < 4.78 is 0. The lowest BCUT2D eigenvalue weighted by molar-refractivity contribution is 0.286. The third kappa shape index (κ3) is 5.67. The van der Waals surface area contributed by atoms with Crippen molar-refractivity contribution in [2.45, 2.75) is 12.8 Å². The molecule has 0 fully saturated rings. The van der Waals surface area contributed by atoms with Crippen molar-refractivity contribution in [1.82, 2.24) is 15.0 Å². The Morgan fingerprint density at radius 3 is 2.63 bits per heavy atom. The van der Waals surface area contributed by atoms with Gasteiger partial charge in [-0.3, -0.25) is 4.98 Å². The monoisotopic (exact) mass is 386 g/mol. The highest BCUT2D eigenvalue weighted by atomic mass is 35.5. The Bertz CT molecular complexity index is 876. The van der Waals surface area contributed by atoms with Gasteiger partial charge < -0.3 is 21.1 Å². The fourth-order valence-electron chi connectivity index (χ4n) is 2.64. The molecule has 1 aromatic carbocycles. The lowest BCUT2D eigenvalue weighted by Crippen LogP contribution is -2.15. The summed E-state index contributed by atoms with van der Waals surface area (Å²) in [6.45, 7) is 2.38. The molecule has 0 saturated carbocycles. The second-order valence-electron chi connectivity index (χ2n) is 6.00. The van der Waals surface area contributed by atoms with Gasteiger partial charge in [-0.15, -0.1) is 0 Å². The minimum absolute atomic E-state index is 0.205. The van der Waals surface area contributed by atoms with E-state index in [1.165, 1.54) is 0 Å². The molecule has 4 N–H and O–H groups in total. The van der Waals surface area contributed by atoms with Crippen molar-refractivity contribution in [2.75, 3.05) is 42.2 Å². The lowest BCUT2D eigenvalue weighted by atomic mass is 10.2. The van der Waals surface area contributed by atoms with E-state index in [-0.39, 0.29) is 6.61 Å². The topological polar surface area (TPSA) is 95.0 Å². The molecule has 8 heteroatoms. The fourth-order valence-corrected chi connectivity index (χ4v) is 2.81. The van der Waals surface area contributed by atoms with Crippen LogP contribution >= 0.6 is 11.6 Å². The minimum Gasteiger partial charge on any atom is -0.396 e. The number of fused-ring (bicyclic) bond motifs is 1. The standard InChI is InChI=1S/C19H23ClN6O/c20-14-3-4-15-16(5-8-21-17(15)13-14)22-10-11-23-18-6-9-25-19(26-18)24-7-1-2-12-27/h3-6,8-9,13,27H,1-2,7,10-12H2,(H,21,22)(H2,23,24,25,26). The minimum atomic E-state index is 0.205. The van der Waals surface area contributed by atoms with E-state index < -0.39 is 0 Å². The molecule has 0 unspecified atom stereocenters. The normalized spacial score (nSPS) is 10.7. The van der Waals surface area contributed by atoms with Crippen molar-refractivity contribution in [1.29, 1.82) is 0 Å². The molecular formula is C19H23ClN6O. The van der Waals surface area contributed by atoms with Gasteiger partial charge in [0.1, 0.15) is 5.82 Å². The van der Waals surface area contributed by atoms with Crippen molar-refractivity contribution < 1.29 is 5.11 Å². The van der Waals surface area contributed by atoms with Crippen molar-refractivity contribution in [3.63, 3.8) is 0 Å². The molecule has 2 heterocycles. The molecule has 0 bridgehead atoms. The maximum absolute atomic E-state index is 8.80. The molecule has 3 rings (SSSR count). The number of hydrogen-bond acceptors (Lipinski definition) is 7. The highest BCUT2D eigenvalue weighted by Gasteiger charge is 2.03. The van der Waals surface area contributed by atoms with Gasteiger partial charge >= 0.3 is 0 Å². The van der Waals surface area contributed by atoms with Crippen molar-refractivity contribution in [3.05, 3.63) is 47.7 Å². The highest BCUT2D eigenvalue weighted by molar-refractivity contribution is 6.31. The number of hydrogen-bond donors (Lipinski definition) is 4. The fraction of sp³-hybridized carbons (Fsp3) is 0.316. The molecule has 0 aliphatic rings. The van der Waals surface area contributed by atoms with E-state index in [0.717, 1.165) is 48.3 Å². The second-order valence-corrected chi connectivity index (χ2v) is 6.43. The third-order valence-electron chi connectivity index (χ3n) is 3.97. The van der Waals surface area contributed by atoms with Crippen LogP contribution in [0.15, 0.2) is 42.7 Å². The van der Waals surface area contributed by atoms with E-state index in [9.17, 15) is 0 Å². The number of benzene rings is 1. The average molecular weight is 387 g/mol. The van der Waals surface area contributed by atoms with Gasteiger partial charge in [0.2, 0.25) is 5.95 Å². The van der Waals surface area contributed by atoms with Crippen LogP contribution in [0.25, 0.3) is 10.9 Å². The van der Waals surface area contributed by atoms with Crippen molar-refractivity contribution >= 4 is 40.0 Å². The Labute approximate surface area is 163 Å². The molecule has 0 aliphatic heterocycles. The Morgan fingerprint density at radius 2 is 1.74 bits per heavy atom. The predicted molar refractivity (Wildman–Crippen MR) is 111 cm³/mol. The van der Waals surface area contributed by atoms with E-state index in [2.05, 4.69) is 30.9 Å². The third-order valence-corrected chi connectivity index (χ3v) is 4.21. The first-order chi connectivity index (χ1) is 13.3. The van der Waals surface area contributed by atoms with Gasteiger partial charge in [0.05, 0.1) is 5.52 Å². The van der Waals surface area contributed by atoms with Gasteiger partial charge in [-0.25, -0.2) is 4.98 Å². The van der Waals surface area contributed by atoms with E-state index in [1.54, 1.807) is 12.4 Å². The van der Waals surface area contributed by atoms with Gasteiger partial charge in [-0.2, -0.15) is 4.98 Å². The summed E-state index contributed by atoms with van der Waals surface area (Å²) in [5.41, 5.74) is 1.89. The number of halogens is 1. The van der Waals surface area contributed by atoms with Crippen LogP contribution in [0, 0.1) is 0 Å². The zero-order chi connectivity index (χ0) is 18.9. The molecule has 2 aromatic heterocycles. The number of rotatable bonds is 10. The molecule has 27 heavy (non-hydrogen) atoms. The quantitative estimate of drug-likeness (QED) is 0.397. The number of aliphatic hydroxyl groups excluding tert-OH is 1. The van der Waals surface area contributed by atoms with Crippen LogP contribution < -0.4 is 16.0 Å². The Morgan fingerprint density at radius 1 is 0.889 bits per heavy atom. The highest BCUT2D eigenvalue weighted by Crippen LogP contribution is 2.24. The van der Waals surface area contributed by atoms with Crippen LogP contribution in [0.2, 0.25) is 5.02 Å². The summed E-state index contributed by atoms with van der Waals surface area (Å²) >= 11 is 6.03. The van der Waals surface area contributed by atoms with Crippen LogP contribution in [0.4, 0.5) is 17.5 Å². The summed E-state index contributed by atoms with van der Waals surface area (Å²) in [7, 11) is 0. The molecule has 0 amide bonds. The largest absolute Gasteiger partial charge is 0.396 e. The summed E-state index contributed by atoms with van der Waals surface area (Å²) in [6.07, 6.45) is 5.14. The first-order valence-electron chi connectivity index (χ1n) is 8.96. The zero-order valence-corrected chi connectivity index (χ0v) is 15.7. The van der Waals surface area contributed by atoms with Gasteiger partial charge in [-0.1, -0.05) is 11.6 Å². The van der Waals surface area contributed by atoms with Crippen LogP contribution in [-0.2, 0) is 0 Å². The first kappa shape index (κ1) is 19.1. The van der Waals surface area contributed by atoms with Gasteiger partial charge in [0.25, 0.3) is 0 Å². The molecule has 0 atom stereocenters. The SMILES string of the molecule is OCCCCNc1nccc(NCCNc2ccnc3cc(Cl)ccc23)n1. The molecule has 0 aliphatic carbocycles. The molecule has 7 nitrogen and oxygen atoms in total. The summed E-state index contributed by atoms with van der Waals surface area (Å²) in [6, 6.07) is 9.49. The average Bonchev–Trinajstić information content (AvgIpc) is 2.69. The van der Waals surface area contributed by atoms with Crippen LogP contribution in [0.3, 0.4) is 0 Å². The van der Waals surface area contributed by atoms with E-state index >= 15 is 0 Å². The van der Waals surface area contributed by atoms with Gasteiger partial charge in [0.15, 0.2) is 0 Å². The number of pyridine rings is 1. The maximum atomic E-state index is 8.80. The smallest absolute Gasteiger partial charge is 0.224 e. The summed E-state index contributed by atoms with van der Waals surface area (Å²) in [5, 5.41) is 20.4. The lowest BCUT2D eigenvalue weighted by Gasteiger charge is -2.11. The summed E-state index contributed by atoms with van der Waals surface area (Å²) in [5.74, 6) is 1.35. The van der Waals surface area contributed by atoms with Gasteiger partial charge in [-0.05, 0) is 43.2 Å². The zero-order valence-electron chi connectivity index (χ0n) is 15.0. The van der Waals surface area contributed by atoms with Crippen LogP contribution in [0.1, 0.15) is 12.8 Å². The number of nitrogens with zero attached hydrogens (tertiary/aromatic N) is 3. The number of aromatic nitrogens is 3. The Hall–Kier alpha value is -2.64. The van der Waals surface area contributed by atoms with Gasteiger partial charge in [0, 0.05) is 54.7 Å². The maximum Gasteiger partial charge on any atom is 0.224 e. The molecule has 142 valence electrons. The number of anilines is 3. The van der Waals surface area contributed by atoms with Crippen molar-refractivity contribution in [2.24, 2.45) is 0 Å². The van der Waals surface area contributed by atoms with Crippen LogP contribution in [0.5, 0.6) is 0 Å². The second kappa shape index (κ2) is 9.89. The number of nitrogens with one attached hydrogen (secondary N) is 3. The first-order valence-corrected chi connectivity index (χ1v) is 9.34. The number of unbranched alkanes of at least 4 members (excludes halogenated alkanes) is 1. The molecule has 0 saturated heterocycles. The summed E-state index contributed by atoms with van der Waals surface area (Å²) in [4.78, 5) is 13.0.